The maximum atomic E-state index is 12.6. The molecular formula is C13H15F3N6S. The van der Waals surface area contributed by atoms with Gasteiger partial charge in [-0.2, -0.15) is 18.3 Å². The van der Waals surface area contributed by atoms with E-state index < -0.39 is 11.2 Å². The number of piperazine rings is 1. The van der Waals surface area contributed by atoms with E-state index in [1.54, 1.807) is 6.20 Å². The van der Waals surface area contributed by atoms with Gasteiger partial charge in [0.15, 0.2) is 5.82 Å². The van der Waals surface area contributed by atoms with Gasteiger partial charge in [-0.3, -0.25) is 0 Å². The molecular weight excluding hydrogens is 329 g/mol. The molecule has 2 aromatic rings. The van der Waals surface area contributed by atoms with Crippen LogP contribution in [0.5, 0.6) is 0 Å². The van der Waals surface area contributed by atoms with Crippen LogP contribution in [-0.4, -0.2) is 46.6 Å². The average Bonchev–Trinajstić information content (AvgIpc) is 3.00. The van der Waals surface area contributed by atoms with Gasteiger partial charge < -0.3 is 9.80 Å². The van der Waals surface area contributed by atoms with E-state index in [0.717, 1.165) is 16.9 Å². The van der Waals surface area contributed by atoms with Crippen molar-refractivity contribution in [3.8, 4) is 0 Å². The molecule has 0 aliphatic carbocycles. The summed E-state index contributed by atoms with van der Waals surface area (Å²) in [4.78, 5) is 3.92. The molecule has 0 bridgehead atoms. The molecule has 1 saturated heterocycles. The Morgan fingerprint density at radius 2 is 1.65 bits per heavy atom. The molecule has 0 amide bonds. The minimum atomic E-state index is -4.44. The van der Waals surface area contributed by atoms with Crippen molar-refractivity contribution < 1.29 is 13.2 Å². The third-order valence-electron chi connectivity index (χ3n) is 3.84. The minimum Gasteiger partial charge on any atom is -0.351 e. The first-order valence-corrected chi connectivity index (χ1v) is 7.87. The molecule has 3 heterocycles. The molecule has 0 saturated carbocycles. The molecule has 0 aromatic carbocycles. The molecule has 1 aliphatic heterocycles. The molecule has 0 atom stereocenters. The SMILES string of the molecule is Cc1cnnc(N2CCN(c3nnc(C(F)(F)F)s3)CC2)c1C. The van der Waals surface area contributed by atoms with Crippen LogP contribution in [0.15, 0.2) is 6.20 Å². The van der Waals surface area contributed by atoms with Crippen LogP contribution in [0, 0.1) is 13.8 Å². The van der Waals surface area contributed by atoms with E-state index in [1.807, 2.05) is 18.7 Å². The van der Waals surface area contributed by atoms with Crippen molar-refractivity contribution >= 4 is 22.3 Å². The van der Waals surface area contributed by atoms with E-state index in [1.165, 1.54) is 0 Å². The molecule has 0 spiro atoms. The molecule has 0 N–H and O–H groups in total. The number of halogens is 3. The highest BCUT2D eigenvalue weighted by molar-refractivity contribution is 7.15. The molecule has 2 aromatic heterocycles. The molecule has 23 heavy (non-hydrogen) atoms. The lowest BCUT2D eigenvalue weighted by molar-refractivity contribution is -0.138. The van der Waals surface area contributed by atoms with Crippen LogP contribution in [0.1, 0.15) is 16.1 Å². The third-order valence-corrected chi connectivity index (χ3v) is 4.87. The molecule has 124 valence electrons. The summed E-state index contributed by atoms with van der Waals surface area (Å²) in [6, 6.07) is 0. The molecule has 6 nitrogen and oxygen atoms in total. The second-order valence-corrected chi connectivity index (χ2v) is 6.29. The van der Waals surface area contributed by atoms with Crippen molar-refractivity contribution in [3.63, 3.8) is 0 Å². The van der Waals surface area contributed by atoms with Gasteiger partial charge in [-0.25, -0.2) is 0 Å². The van der Waals surface area contributed by atoms with E-state index in [4.69, 9.17) is 0 Å². The second kappa shape index (κ2) is 5.91. The highest BCUT2D eigenvalue weighted by Crippen LogP contribution is 2.34. The normalized spacial score (nSPS) is 16.0. The average molecular weight is 344 g/mol. The van der Waals surface area contributed by atoms with E-state index in [2.05, 4.69) is 25.3 Å². The van der Waals surface area contributed by atoms with Crippen LogP contribution >= 0.6 is 11.3 Å². The number of aryl methyl sites for hydroxylation is 1. The standard InChI is InChI=1S/C13H15F3N6S/c1-8-7-17-18-10(9(8)2)21-3-5-22(6-4-21)12-20-19-11(23-12)13(14,15)16/h7H,3-6H2,1-2H3. The fraction of sp³-hybridized carbons (Fsp3) is 0.538. The van der Waals surface area contributed by atoms with Gasteiger partial charge in [-0.15, -0.1) is 15.3 Å². The molecule has 0 unspecified atom stereocenters. The predicted octanol–water partition coefficient (Wildman–Crippen LogP) is 2.29. The monoisotopic (exact) mass is 344 g/mol. The minimum absolute atomic E-state index is 0.309. The van der Waals surface area contributed by atoms with Crippen LogP contribution in [0.4, 0.5) is 24.1 Å². The van der Waals surface area contributed by atoms with Gasteiger partial charge in [-0.05, 0) is 25.0 Å². The Morgan fingerprint density at radius 3 is 2.26 bits per heavy atom. The number of rotatable bonds is 2. The fourth-order valence-electron chi connectivity index (χ4n) is 2.39. The zero-order chi connectivity index (χ0) is 16.6. The number of alkyl halides is 3. The van der Waals surface area contributed by atoms with E-state index in [-0.39, 0.29) is 0 Å². The molecule has 0 radical (unpaired) electrons. The molecule has 3 rings (SSSR count). The lowest BCUT2D eigenvalue weighted by atomic mass is 10.2. The van der Waals surface area contributed by atoms with Gasteiger partial charge in [0.2, 0.25) is 10.1 Å². The van der Waals surface area contributed by atoms with Gasteiger partial charge >= 0.3 is 6.18 Å². The van der Waals surface area contributed by atoms with Gasteiger partial charge in [-0.1, -0.05) is 11.3 Å². The van der Waals surface area contributed by atoms with Crippen molar-refractivity contribution in [2.75, 3.05) is 36.0 Å². The Bertz CT molecular complexity index is 693. The molecule has 10 heteroatoms. The van der Waals surface area contributed by atoms with Crippen LogP contribution < -0.4 is 9.80 Å². The van der Waals surface area contributed by atoms with Gasteiger partial charge in [0, 0.05) is 26.2 Å². The van der Waals surface area contributed by atoms with E-state index >= 15 is 0 Å². The number of nitrogens with zero attached hydrogens (tertiary/aromatic N) is 6. The summed E-state index contributed by atoms with van der Waals surface area (Å²) < 4.78 is 37.8. The van der Waals surface area contributed by atoms with Crippen molar-refractivity contribution in [3.05, 3.63) is 22.3 Å². The second-order valence-electron chi connectivity index (χ2n) is 5.34. The van der Waals surface area contributed by atoms with Crippen molar-refractivity contribution in [1.82, 2.24) is 20.4 Å². The summed E-state index contributed by atoms with van der Waals surface area (Å²) in [6.45, 7) is 6.42. The van der Waals surface area contributed by atoms with Crippen LogP contribution in [0.25, 0.3) is 0 Å². The first-order chi connectivity index (χ1) is 10.9. The summed E-state index contributed by atoms with van der Waals surface area (Å²) in [7, 11) is 0. The summed E-state index contributed by atoms with van der Waals surface area (Å²) in [6.07, 6.45) is -2.72. The van der Waals surface area contributed by atoms with Crippen molar-refractivity contribution in [2.45, 2.75) is 20.0 Å². The Morgan fingerprint density at radius 1 is 1.00 bits per heavy atom. The van der Waals surface area contributed by atoms with Crippen LogP contribution in [0.2, 0.25) is 0 Å². The lowest BCUT2D eigenvalue weighted by Crippen LogP contribution is -2.47. The van der Waals surface area contributed by atoms with E-state index in [9.17, 15) is 13.2 Å². The zero-order valence-corrected chi connectivity index (χ0v) is 13.4. The molecule has 1 fully saturated rings. The van der Waals surface area contributed by atoms with E-state index in [0.29, 0.717) is 42.6 Å². The Labute approximate surface area is 135 Å². The third kappa shape index (κ3) is 3.21. The van der Waals surface area contributed by atoms with Crippen molar-refractivity contribution in [1.29, 1.82) is 0 Å². The number of aromatic nitrogens is 4. The van der Waals surface area contributed by atoms with Crippen LogP contribution in [-0.2, 0) is 6.18 Å². The first-order valence-electron chi connectivity index (χ1n) is 7.06. The molecule has 1 aliphatic rings. The Balaban J connectivity index is 1.69. The van der Waals surface area contributed by atoms with Gasteiger partial charge in [0.25, 0.3) is 0 Å². The summed E-state index contributed by atoms with van der Waals surface area (Å²) >= 11 is 0.581. The summed E-state index contributed by atoms with van der Waals surface area (Å²) in [5, 5.41) is 14.5. The summed E-state index contributed by atoms with van der Waals surface area (Å²) in [5.74, 6) is 0.831. The lowest BCUT2D eigenvalue weighted by Gasteiger charge is -2.35. The summed E-state index contributed by atoms with van der Waals surface area (Å²) in [5.41, 5.74) is 2.14. The predicted molar refractivity (Wildman–Crippen MR) is 80.8 cm³/mol. The first kappa shape index (κ1) is 15.9. The Hall–Kier alpha value is -1.97. The maximum absolute atomic E-state index is 12.6. The van der Waals surface area contributed by atoms with Gasteiger partial charge in [0.05, 0.1) is 6.20 Å². The smallest absolute Gasteiger partial charge is 0.351 e. The highest BCUT2D eigenvalue weighted by Gasteiger charge is 2.36. The van der Waals surface area contributed by atoms with Crippen LogP contribution in [0.3, 0.4) is 0 Å². The quantitative estimate of drug-likeness (QED) is 0.833. The largest absolute Gasteiger partial charge is 0.445 e. The number of hydrogen-bond acceptors (Lipinski definition) is 7. The zero-order valence-electron chi connectivity index (χ0n) is 12.6. The maximum Gasteiger partial charge on any atom is 0.445 e. The highest BCUT2D eigenvalue weighted by atomic mass is 32.1. The number of anilines is 2. The number of hydrogen-bond donors (Lipinski definition) is 0. The topological polar surface area (TPSA) is 58.0 Å². The Kier molecular flexibility index (Phi) is 4.09. The van der Waals surface area contributed by atoms with Crippen molar-refractivity contribution in [2.24, 2.45) is 0 Å². The fourth-order valence-corrected chi connectivity index (χ4v) is 3.15. The van der Waals surface area contributed by atoms with Gasteiger partial charge in [0.1, 0.15) is 0 Å².